The summed E-state index contributed by atoms with van der Waals surface area (Å²) < 4.78 is 5.09. The summed E-state index contributed by atoms with van der Waals surface area (Å²) in [6, 6.07) is 14.8. The molecule has 2 N–H and O–H groups in total. The van der Waals surface area contributed by atoms with Gasteiger partial charge < -0.3 is 9.64 Å². The minimum absolute atomic E-state index is 0.204. The maximum Gasteiger partial charge on any atom is 0.269 e. The molecule has 0 saturated carbocycles. The van der Waals surface area contributed by atoms with Crippen molar-refractivity contribution in [3.63, 3.8) is 0 Å². The predicted molar refractivity (Wildman–Crippen MR) is 95.6 cm³/mol. The standard InChI is InChI=1S/C19H21N3O3/c1-25-16-9-4-7-15(12-16)19(24)21-20-18(23)13-22-11-5-8-14-6-2-3-10-17(14)22/h2-4,6-7,9-10,12H,5,8,11,13H2,1H3,(H,20,23)(H,21,24). The van der Waals surface area contributed by atoms with Gasteiger partial charge in [0.2, 0.25) is 0 Å². The van der Waals surface area contributed by atoms with Crippen LogP contribution in [0.1, 0.15) is 22.3 Å². The predicted octanol–water partition coefficient (Wildman–Crippen LogP) is 1.91. The molecule has 2 aromatic carbocycles. The van der Waals surface area contributed by atoms with Gasteiger partial charge in [0, 0.05) is 17.8 Å². The Labute approximate surface area is 146 Å². The number of methoxy groups -OCH3 is 1. The number of fused-ring (bicyclic) bond motifs is 1. The number of rotatable bonds is 4. The van der Waals surface area contributed by atoms with E-state index in [-0.39, 0.29) is 18.4 Å². The van der Waals surface area contributed by atoms with Crippen molar-refractivity contribution in [3.8, 4) is 5.75 Å². The fraction of sp³-hybridized carbons (Fsp3) is 0.263. The highest BCUT2D eigenvalue weighted by Crippen LogP contribution is 2.26. The molecule has 0 aromatic heterocycles. The van der Waals surface area contributed by atoms with Gasteiger partial charge in [0.05, 0.1) is 13.7 Å². The van der Waals surface area contributed by atoms with Crippen molar-refractivity contribution >= 4 is 17.5 Å². The van der Waals surface area contributed by atoms with E-state index in [1.807, 2.05) is 23.1 Å². The van der Waals surface area contributed by atoms with E-state index in [1.54, 1.807) is 24.3 Å². The van der Waals surface area contributed by atoms with Crippen LogP contribution in [0.2, 0.25) is 0 Å². The van der Waals surface area contributed by atoms with E-state index in [4.69, 9.17) is 4.74 Å². The zero-order valence-electron chi connectivity index (χ0n) is 14.1. The fourth-order valence-corrected chi connectivity index (χ4v) is 2.95. The Hall–Kier alpha value is -3.02. The van der Waals surface area contributed by atoms with Crippen LogP contribution in [0.4, 0.5) is 5.69 Å². The molecule has 1 heterocycles. The van der Waals surface area contributed by atoms with Crippen LogP contribution in [-0.4, -0.2) is 32.0 Å². The van der Waals surface area contributed by atoms with E-state index in [0.29, 0.717) is 11.3 Å². The van der Waals surface area contributed by atoms with E-state index in [0.717, 1.165) is 25.1 Å². The number of nitrogens with zero attached hydrogens (tertiary/aromatic N) is 1. The van der Waals surface area contributed by atoms with E-state index < -0.39 is 0 Å². The number of hydrogen-bond acceptors (Lipinski definition) is 4. The molecule has 6 heteroatoms. The molecule has 6 nitrogen and oxygen atoms in total. The Kier molecular flexibility index (Phi) is 5.18. The highest BCUT2D eigenvalue weighted by molar-refractivity contribution is 5.96. The molecule has 0 saturated heterocycles. The van der Waals surface area contributed by atoms with Crippen LogP contribution in [0, 0.1) is 0 Å². The minimum Gasteiger partial charge on any atom is -0.497 e. The second-order valence-electron chi connectivity index (χ2n) is 5.89. The third-order valence-electron chi connectivity index (χ3n) is 4.19. The van der Waals surface area contributed by atoms with Crippen molar-refractivity contribution in [2.75, 3.05) is 25.1 Å². The normalized spacial score (nSPS) is 12.9. The number of amides is 2. The third kappa shape index (κ3) is 4.09. The van der Waals surface area contributed by atoms with Gasteiger partial charge in [-0.2, -0.15) is 0 Å². The number of carbonyl (C=O) groups is 2. The quantitative estimate of drug-likeness (QED) is 0.835. The molecule has 1 aliphatic heterocycles. The number of carbonyl (C=O) groups excluding carboxylic acids is 2. The second kappa shape index (κ2) is 7.70. The van der Waals surface area contributed by atoms with Gasteiger partial charge in [-0.1, -0.05) is 24.3 Å². The number of hydrazine groups is 1. The van der Waals surface area contributed by atoms with Gasteiger partial charge in [0.25, 0.3) is 11.8 Å². The molecule has 0 aliphatic carbocycles. The van der Waals surface area contributed by atoms with Crippen molar-refractivity contribution in [2.24, 2.45) is 0 Å². The lowest BCUT2D eigenvalue weighted by atomic mass is 10.0. The lowest BCUT2D eigenvalue weighted by Gasteiger charge is -2.30. The van der Waals surface area contributed by atoms with Crippen LogP contribution in [-0.2, 0) is 11.2 Å². The van der Waals surface area contributed by atoms with Crippen LogP contribution < -0.4 is 20.5 Å². The number of nitrogens with one attached hydrogen (secondary N) is 2. The summed E-state index contributed by atoms with van der Waals surface area (Å²) in [5, 5.41) is 0. The lowest BCUT2D eigenvalue weighted by Crippen LogP contribution is -2.47. The molecule has 2 aromatic rings. The van der Waals surface area contributed by atoms with Gasteiger partial charge >= 0.3 is 0 Å². The van der Waals surface area contributed by atoms with Gasteiger partial charge in [-0.25, -0.2) is 0 Å². The van der Waals surface area contributed by atoms with E-state index >= 15 is 0 Å². The summed E-state index contributed by atoms with van der Waals surface area (Å²) in [5.41, 5.74) is 7.68. The summed E-state index contributed by atoms with van der Waals surface area (Å²) in [4.78, 5) is 26.3. The summed E-state index contributed by atoms with van der Waals surface area (Å²) in [6.45, 7) is 1.03. The van der Waals surface area contributed by atoms with Crippen LogP contribution in [0.15, 0.2) is 48.5 Å². The maximum absolute atomic E-state index is 12.2. The summed E-state index contributed by atoms with van der Waals surface area (Å²) >= 11 is 0. The molecular weight excluding hydrogens is 318 g/mol. The Bertz CT molecular complexity index is 776. The number of anilines is 1. The average Bonchev–Trinajstić information content (AvgIpc) is 2.66. The molecule has 25 heavy (non-hydrogen) atoms. The van der Waals surface area contributed by atoms with E-state index in [1.165, 1.54) is 12.7 Å². The van der Waals surface area contributed by atoms with Crippen molar-refractivity contribution < 1.29 is 14.3 Å². The highest BCUT2D eigenvalue weighted by Gasteiger charge is 2.18. The SMILES string of the molecule is COc1cccc(C(=O)NNC(=O)CN2CCCc3ccccc32)c1. The fourth-order valence-electron chi connectivity index (χ4n) is 2.95. The van der Waals surface area contributed by atoms with Gasteiger partial charge in [0.1, 0.15) is 5.75 Å². The Morgan fingerprint density at radius 3 is 2.80 bits per heavy atom. The number of para-hydroxylation sites is 1. The zero-order valence-corrected chi connectivity index (χ0v) is 14.1. The number of benzene rings is 2. The first-order valence-electron chi connectivity index (χ1n) is 8.23. The van der Waals surface area contributed by atoms with Gasteiger partial charge in [-0.15, -0.1) is 0 Å². The molecule has 1 aliphatic rings. The largest absolute Gasteiger partial charge is 0.497 e. The highest BCUT2D eigenvalue weighted by atomic mass is 16.5. The Balaban J connectivity index is 1.56. The van der Waals surface area contributed by atoms with Gasteiger partial charge in [-0.05, 0) is 42.7 Å². The van der Waals surface area contributed by atoms with Crippen LogP contribution in [0.5, 0.6) is 5.75 Å². The monoisotopic (exact) mass is 339 g/mol. The Morgan fingerprint density at radius 2 is 1.96 bits per heavy atom. The molecule has 0 fully saturated rings. The van der Waals surface area contributed by atoms with Gasteiger partial charge in [0.15, 0.2) is 0 Å². The van der Waals surface area contributed by atoms with Gasteiger partial charge in [-0.3, -0.25) is 20.4 Å². The first-order chi connectivity index (χ1) is 12.2. The van der Waals surface area contributed by atoms with Crippen molar-refractivity contribution in [1.82, 2.24) is 10.9 Å². The van der Waals surface area contributed by atoms with E-state index in [2.05, 4.69) is 16.9 Å². The van der Waals surface area contributed by atoms with Crippen LogP contribution in [0.3, 0.4) is 0 Å². The molecular formula is C19H21N3O3. The Morgan fingerprint density at radius 1 is 1.12 bits per heavy atom. The lowest BCUT2D eigenvalue weighted by molar-refractivity contribution is -0.120. The number of aryl methyl sites for hydroxylation is 1. The summed E-state index contributed by atoms with van der Waals surface area (Å²) in [6.07, 6.45) is 2.04. The van der Waals surface area contributed by atoms with Crippen LogP contribution in [0.25, 0.3) is 0 Å². The molecule has 0 bridgehead atoms. The van der Waals surface area contributed by atoms with E-state index in [9.17, 15) is 9.59 Å². The maximum atomic E-state index is 12.2. The molecule has 3 rings (SSSR count). The van der Waals surface area contributed by atoms with Crippen molar-refractivity contribution in [2.45, 2.75) is 12.8 Å². The second-order valence-corrected chi connectivity index (χ2v) is 5.89. The first-order valence-corrected chi connectivity index (χ1v) is 8.23. The number of ether oxygens (including phenoxy) is 1. The number of hydrogen-bond donors (Lipinski definition) is 2. The van der Waals surface area contributed by atoms with Crippen molar-refractivity contribution in [1.29, 1.82) is 0 Å². The summed E-state index contributed by atoms with van der Waals surface area (Å²) in [5.74, 6) is -0.0526. The van der Waals surface area contributed by atoms with Crippen LogP contribution >= 0.6 is 0 Å². The minimum atomic E-state index is -0.383. The third-order valence-corrected chi connectivity index (χ3v) is 4.19. The average molecular weight is 339 g/mol. The molecule has 0 radical (unpaired) electrons. The van der Waals surface area contributed by atoms with Crippen molar-refractivity contribution in [3.05, 3.63) is 59.7 Å². The summed E-state index contributed by atoms with van der Waals surface area (Å²) in [7, 11) is 1.54. The molecule has 0 atom stereocenters. The molecule has 2 amide bonds. The molecule has 130 valence electrons. The molecule has 0 unspecified atom stereocenters. The topological polar surface area (TPSA) is 70.7 Å². The molecule has 0 spiro atoms. The first kappa shape index (κ1) is 16.8. The zero-order chi connectivity index (χ0) is 17.6. The smallest absolute Gasteiger partial charge is 0.269 e.